The molecule has 1 amide bonds. The first-order valence-electron chi connectivity index (χ1n) is 9.12. The number of pyridine rings is 1. The van der Waals surface area contributed by atoms with E-state index in [9.17, 15) is 4.79 Å². The predicted octanol–water partition coefficient (Wildman–Crippen LogP) is 3.47. The van der Waals surface area contributed by atoms with Gasteiger partial charge < -0.3 is 23.5 Å². The van der Waals surface area contributed by atoms with Crippen molar-refractivity contribution in [3.8, 4) is 17.2 Å². The summed E-state index contributed by atoms with van der Waals surface area (Å²) in [5.41, 5.74) is 1.71. The Morgan fingerprint density at radius 1 is 1.00 bits per heavy atom. The normalized spacial score (nSPS) is 10.4. The molecule has 7 nitrogen and oxygen atoms in total. The summed E-state index contributed by atoms with van der Waals surface area (Å²) in [5, 5.41) is 0. The fourth-order valence-electron chi connectivity index (χ4n) is 3.06. The van der Waals surface area contributed by atoms with Crippen LogP contribution in [0.15, 0.2) is 59.5 Å². The van der Waals surface area contributed by atoms with Crippen molar-refractivity contribution in [3.63, 3.8) is 0 Å². The summed E-state index contributed by atoms with van der Waals surface area (Å²) in [6.07, 6.45) is 5.24. The van der Waals surface area contributed by atoms with Crippen molar-refractivity contribution >= 4 is 5.91 Å². The molecule has 29 heavy (non-hydrogen) atoms. The SMILES string of the molecule is COc1cc(CC(=O)N(Cc2cccnc2)Cc2ccco2)cc(OC)c1OC. The molecule has 152 valence electrons. The molecule has 7 heteroatoms. The Labute approximate surface area is 169 Å². The van der Waals surface area contributed by atoms with E-state index in [0.29, 0.717) is 36.1 Å². The van der Waals surface area contributed by atoms with Gasteiger partial charge in [0.1, 0.15) is 5.76 Å². The van der Waals surface area contributed by atoms with Gasteiger partial charge in [-0.15, -0.1) is 0 Å². The van der Waals surface area contributed by atoms with E-state index in [2.05, 4.69) is 4.98 Å². The molecule has 0 saturated heterocycles. The summed E-state index contributed by atoms with van der Waals surface area (Å²) >= 11 is 0. The zero-order valence-electron chi connectivity index (χ0n) is 16.8. The summed E-state index contributed by atoms with van der Waals surface area (Å²) < 4.78 is 21.6. The van der Waals surface area contributed by atoms with Crippen LogP contribution in [0.3, 0.4) is 0 Å². The van der Waals surface area contributed by atoms with Crippen molar-refractivity contribution in [3.05, 3.63) is 71.9 Å². The van der Waals surface area contributed by atoms with E-state index in [1.807, 2.05) is 18.2 Å². The summed E-state index contributed by atoms with van der Waals surface area (Å²) in [6.45, 7) is 0.795. The molecule has 3 aromatic rings. The van der Waals surface area contributed by atoms with Crippen molar-refractivity contribution < 1.29 is 23.4 Å². The molecular weight excluding hydrogens is 372 g/mol. The first-order chi connectivity index (χ1) is 14.1. The van der Waals surface area contributed by atoms with Gasteiger partial charge in [0.25, 0.3) is 0 Å². The second-order valence-electron chi connectivity index (χ2n) is 6.40. The highest BCUT2D eigenvalue weighted by Gasteiger charge is 2.19. The van der Waals surface area contributed by atoms with E-state index in [1.54, 1.807) is 63.1 Å². The van der Waals surface area contributed by atoms with E-state index >= 15 is 0 Å². The third-order valence-electron chi connectivity index (χ3n) is 4.46. The number of hydrogen-bond acceptors (Lipinski definition) is 6. The largest absolute Gasteiger partial charge is 0.493 e. The topological polar surface area (TPSA) is 74.0 Å². The molecule has 0 aliphatic rings. The third-order valence-corrected chi connectivity index (χ3v) is 4.46. The van der Waals surface area contributed by atoms with Crippen LogP contribution in [0.1, 0.15) is 16.9 Å². The van der Waals surface area contributed by atoms with Gasteiger partial charge in [0.15, 0.2) is 11.5 Å². The highest BCUT2D eigenvalue weighted by molar-refractivity contribution is 5.79. The molecule has 0 saturated carbocycles. The van der Waals surface area contributed by atoms with Crippen molar-refractivity contribution in [2.24, 2.45) is 0 Å². The minimum Gasteiger partial charge on any atom is -0.493 e. The summed E-state index contributed by atoms with van der Waals surface area (Å²) in [4.78, 5) is 19.0. The number of amides is 1. The number of furan rings is 1. The van der Waals surface area contributed by atoms with E-state index < -0.39 is 0 Å². The average molecular weight is 396 g/mol. The summed E-state index contributed by atoms with van der Waals surface area (Å²) in [6, 6.07) is 11.0. The van der Waals surface area contributed by atoms with Crippen LogP contribution in [0.4, 0.5) is 0 Å². The molecular formula is C22H24N2O5. The van der Waals surface area contributed by atoms with Crippen molar-refractivity contribution in [2.45, 2.75) is 19.5 Å². The monoisotopic (exact) mass is 396 g/mol. The lowest BCUT2D eigenvalue weighted by Crippen LogP contribution is -2.31. The molecule has 0 aliphatic heterocycles. The van der Waals surface area contributed by atoms with Crippen LogP contribution in [0, 0.1) is 0 Å². The smallest absolute Gasteiger partial charge is 0.227 e. The Morgan fingerprint density at radius 2 is 1.76 bits per heavy atom. The van der Waals surface area contributed by atoms with Gasteiger partial charge in [0.05, 0.1) is 40.6 Å². The van der Waals surface area contributed by atoms with Gasteiger partial charge in [-0.25, -0.2) is 0 Å². The predicted molar refractivity (Wildman–Crippen MR) is 107 cm³/mol. The Kier molecular flexibility index (Phi) is 6.73. The van der Waals surface area contributed by atoms with Gasteiger partial charge in [-0.3, -0.25) is 9.78 Å². The number of benzene rings is 1. The minimum atomic E-state index is -0.0560. The maximum atomic E-state index is 13.1. The third kappa shape index (κ3) is 5.07. The molecule has 0 bridgehead atoms. The molecule has 0 aliphatic carbocycles. The molecule has 0 spiro atoms. The van der Waals surface area contributed by atoms with Gasteiger partial charge >= 0.3 is 0 Å². The molecule has 0 radical (unpaired) electrons. The average Bonchev–Trinajstić information content (AvgIpc) is 3.26. The van der Waals surface area contributed by atoms with Gasteiger partial charge in [0.2, 0.25) is 11.7 Å². The first kappa shape index (κ1) is 20.3. The van der Waals surface area contributed by atoms with Crippen molar-refractivity contribution in [1.82, 2.24) is 9.88 Å². The molecule has 3 rings (SSSR count). The van der Waals surface area contributed by atoms with E-state index in [0.717, 1.165) is 11.1 Å². The van der Waals surface area contributed by atoms with Gasteiger partial charge in [-0.2, -0.15) is 0 Å². The second kappa shape index (κ2) is 9.64. The lowest BCUT2D eigenvalue weighted by atomic mass is 10.1. The second-order valence-corrected chi connectivity index (χ2v) is 6.40. The van der Waals surface area contributed by atoms with E-state index in [4.69, 9.17) is 18.6 Å². The van der Waals surface area contributed by atoms with Gasteiger partial charge in [-0.1, -0.05) is 6.07 Å². The molecule has 2 heterocycles. The standard InChI is InChI=1S/C22H24N2O5/c1-26-19-10-17(11-20(27-2)22(19)28-3)12-21(25)24(15-18-7-5-9-29-18)14-16-6-4-8-23-13-16/h4-11,13H,12,14-15H2,1-3H3. The highest BCUT2D eigenvalue weighted by Crippen LogP contribution is 2.38. The maximum Gasteiger partial charge on any atom is 0.227 e. The molecule has 0 atom stereocenters. The minimum absolute atomic E-state index is 0.0560. The summed E-state index contributed by atoms with van der Waals surface area (Å²) in [5.74, 6) is 2.18. The zero-order valence-corrected chi connectivity index (χ0v) is 16.8. The Morgan fingerprint density at radius 3 is 2.31 bits per heavy atom. The van der Waals surface area contributed by atoms with Crippen LogP contribution in [-0.2, 0) is 24.3 Å². The van der Waals surface area contributed by atoms with Crippen molar-refractivity contribution in [1.29, 1.82) is 0 Å². The Hall–Kier alpha value is -3.48. The van der Waals surface area contributed by atoms with E-state index in [1.165, 1.54) is 0 Å². The maximum absolute atomic E-state index is 13.1. The zero-order chi connectivity index (χ0) is 20.6. The van der Waals surface area contributed by atoms with Crippen LogP contribution >= 0.6 is 0 Å². The quantitative estimate of drug-likeness (QED) is 0.551. The number of carbonyl (C=O) groups excluding carboxylic acids is 1. The summed E-state index contributed by atoms with van der Waals surface area (Å²) in [7, 11) is 4.65. The number of ether oxygens (including phenoxy) is 3. The molecule has 2 aromatic heterocycles. The molecule has 1 aromatic carbocycles. The lowest BCUT2D eigenvalue weighted by molar-refractivity contribution is -0.132. The first-order valence-corrected chi connectivity index (χ1v) is 9.12. The number of methoxy groups -OCH3 is 3. The van der Waals surface area contributed by atoms with Crippen molar-refractivity contribution in [2.75, 3.05) is 21.3 Å². The number of rotatable bonds is 9. The fourth-order valence-corrected chi connectivity index (χ4v) is 3.06. The molecule has 0 unspecified atom stereocenters. The van der Waals surface area contributed by atoms with Crippen LogP contribution in [0.5, 0.6) is 17.2 Å². The molecule has 0 fully saturated rings. The van der Waals surface area contributed by atoms with Crippen LogP contribution < -0.4 is 14.2 Å². The number of aromatic nitrogens is 1. The fraction of sp³-hybridized carbons (Fsp3) is 0.273. The number of nitrogens with zero attached hydrogens (tertiary/aromatic N) is 2. The highest BCUT2D eigenvalue weighted by atomic mass is 16.5. The Balaban J connectivity index is 1.84. The number of carbonyl (C=O) groups is 1. The van der Waals surface area contributed by atoms with Crippen LogP contribution in [0.2, 0.25) is 0 Å². The Bertz CT molecular complexity index is 901. The van der Waals surface area contributed by atoms with Gasteiger partial charge in [0, 0.05) is 18.9 Å². The van der Waals surface area contributed by atoms with Crippen LogP contribution in [0.25, 0.3) is 0 Å². The number of hydrogen-bond donors (Lipinski definition) is 0. The van der Waals surface area contributed by atoms with E-state index in [-0.39, 0.29) is 12.3 Å². The molecule has 0 N–H and O–H groups in total. The van der Waals surface area contributed by atoms with Gasteiger partial charge in [-0.05, 0) is 41.5 Å². The lowest BCUT2D eigenvalue weighted by Gasteiger charge is -2.22. The van der Waals surface area contributed by atoms with Crippen LogP contribution in [-0.4, -0.2) is 37.1 Å².